The molecule has 0 aliphatic carbocycles. The fraction of sp³-hybridized carbons (Fsp3) is 0.200. The number of H-pyrrole nitrogens is 1. The van der Waals surface area contributed by atoms with Crippen molar-refractivity contribution in [1.82, 2.24) is 9.71 Å². The Hall–Kier alpha value is -1.22. The molecule has 1 atom stereocenters. The van der Waals surface area contributed by atoms with E-state index in [9.17, 15) is 13.0 Å². The minimum absolute atomic E-state index is 0.0267. The van der Waals surface area contributed by atoms with Gasteiger partial charge in [0.1, 0.15) is 11.1 Å². The summed E-state index contributed by atoms with van der Waals surface area (Å²) in [6.07, 6.45) is 0.227. The highest BCUT2D eigenvalue weighted by Crippen LogP contribution is 2.37. The van der Waals surface area contributed by atoms with Crippen molar-refractivity contribution < 1.29 is 27.3 Å². The van der Waals surface area contributed by atoms with E-state index in [0.717, 1.165) is 0 Å². The molecule has 8 nitrogen and oxygen atoms in total. The van der Waals surface area contributed by atoms with Gasteiger partial charge >= 0.3 is 7.82 Å². The van der Waals surface area contributed by atoms with Crippen LogP contribution in [0.3, 0.4) is 0 Å². The molecule has 4 N–H and O–H groups in total. The highest BCUT2D eigenvalue weighted by Gasteiger charge is 2.25. The quantitative estimate of drug-likeness (QED) is 0.478. The lowest BCUT2D eigenvalue weighted by atomic mass is 10.2. The highest BCUT2D eigenvalue weighted by molar-refractivity contribution is 7.89. The lowest BCUT2D eigenvalue weighted by Gasteiger charge is -2.15. The van der Waals surface area contributed by atoms with Crippen LogP contribution < -0.4 is 4.72 Å². The van der Waals surface area contributed by atoms with Crippen molar-refractivity contribution in [2.24, 2.45) is 0 Å². The number of hydrogen-bond acceptors (Lipinski definition) is 4. The molecule has 10 heteroatoms. The van der Waals surface area contributed by atoms with Gasteiger partial charge in [-0.05, 0) is 19.1 Å². The van der Waals surface area contributed by atoms with Gasteiger partial charge in [0.2, 0.25) is 10.0 Å². The smallest absolute Gasteiger partial charge is 0.360 e. The molecule has 1 unspecified atom stereocenters. The van der Waals surface area contributed by atoms with Crippen LogP contribution >= 0.6 is 7.82 Å². The van der Waals surface area contributed by atoms with Gasteiger partial charge in [-0.2, -0.15) is 4.72 Å². The molecule has 0 fully saturated rings. The maximum atomic E-state index is 12.2. The molecule has 1 heterocycles. The van der Waals surface area contributed by atoms with Crippen molar-refractivity contribution in [2.45, 2.75) is 18.0 Å². The third-order valence-corrected chi connectivity index (χ3v) is 4.61. The van der Waals surface area contributed by atoms with Crippen molar-refractivity contribution in [3.05, 3.63) is 30.5 Å². The first-order valence-corrected chi connectivity index (χ1v) is 8.53. The van der Waals surface area contributed by atoms with Crippen LogP contribution in [0.25, 0.3) is 10.9 Å². The molecule has 0 aliphatic heterocycles. The molecule has 0 spiro atoms. The third kappa shape index (κ3) is 3.45. The zero-order valence-corrected chi connectivity index (χ0v) is 12.1. The number of benzene rings is 1. The predicted octanol–water partition coefficient (Wildman–Crippen LogP) is 0.901. The van der Waals surface area contributed by atoms with Crippen molar-refractivity contribution in [2.75, 3.05) is 0 Å². The van der Waals surface area contributed by atoms with Gasteiger partial charge in [0, 0.05) is 11.6 Å². The van der Waals surface area contributed by atoms with E-state index < -0.39 is 24.1 Å². The molecule has 0 radical (unpaired) electrons. The Morgan fingerprint density at radius 3 is 2.70 bits per heavy atom. The topological polar surface area (TPSA) is 129 Å². The van der Waals surface area contributed by atoms with Crippen LogP contribution in [0.1, 0.15) is 6.92 Å². The van der Waals surface area contributed by atoms with Crippen LogP contribution in [0.4, 0.5) is 0 Å². The number of aromatic amines is 1. The first-order valence-electron chi connectivity index (χ1n) is 5.51. The van der Waals surface area contributed by atoms with Gasteiger partial charge in [0.15, 0.2) is 0 Å². The van der Waals surface area contributed by atoms with E-state index in [-0.39, 0.29) is 4.90 Å². The number of phosphoric acid groups is 1. The normalized spacial score (nSPS) is 14.6. The second-order valence-electron chi connectivity index (χ2n) is 4.06. The summed E-state index contributed by atoms with van der Waals surface area (Å²) in [5, 5.41) is 0.705. The Morgan fingerprint density at radius 1 is 1.35 bits per heavy atom. The van der Waals surface area contributed by atoms with Crippen molar-refractivity contribution in [3.63, 3.8) is 0 Å². The van der Waals surface area contributed by atoms with Gasteiger partial charge in [0.25, 0.3) is 0 Å². The molecule has 110 valence electrons. The molecule has 0 saturated heterocycles. The average Bonchev–Trinajstić information content (AvgIpc) is 2.72. The van der Waals surface area contributed by atoms with E-state index >= 15 is 0 Å². The van der Waals surface area contributed by atoms with Gasteiger partial charge in [-0.25, -0.2) is 13.0 Å². The molecular formula is C10H13N2O6PS. The maximum absolute atomic E-state index is 12.2. The molecule has 0 aliphatic rings. The molecule has 1 aromatic carbocycles. The Morgan fingerprint density at radius 2 is 2.05 bits per heavy atom. The Labute approximate surface area is 115 Å². The Bertz CT molecular complexity index is 765. The van der Waals surface area contributed by atoms with Gasteiger partial charge in [-0.1, -0.05) is 12.1 Å². The van der Waals surface area contributed by atoms with Gasteiger partial charge in [-0.15, -0.1) is 0 Å². The van der Waals surface area contributed by atoms with E-state index in [2.05, 4.69) is 9.51 Å². The summed E-state index contributed by atoms with van der Waals surface area (Å²) in [5.74, 6) is 0. The lowest BCUT2D eigenvalue weighted by Crippen LogP contribution is -2.34. The molecule has 20 heavy (non-hydrogen) atoms. The van der Waals surface area contributed by atoms with Crippen LogP contribution in [-0.4, -0.2) is 29.4 Å². The number of aromatic nitrogens is 1. The monoisotopic (exact) mass is 320 g/mol. The molecule has 2 rings (SSSR count). The minimum Gasteiger partial charge on any atom is -0.360 e. The standard InChI is InChI=1S/C10H13N2O6PS/c1-7(18-19(13,14)15)12-20(16,17)9-4-2-3-8-5-6-11-10(8)9/h2-7,11-12H,1H3,(H2,13,14,15). The molecule has 0 saturated carbocycles. The summed E-state index contributed by atoms with van der Waals surface area (Å²) in [4.78, 5) is 20.1. The number of phosphoric ester groups is 1. The number of rotatable bonds is 5. The van der Waals surface area contributed by atoms with E-state index in [0.29, 0.717) is 10.9 Å². The van der Waals surface area contributed by atoms with Gasteiger partial charge < -0.3 is 14.8 Å². The van der Waals surface area contributed by atoms with E-state index in [4.69, 9.17) is 9.79 Å². The first kappa shape index (κ1) is 15.2. The van der Waals surface area contributed by atoms with E-state index in [1.54, 1.807) is 24.4 Å². The van der Waals surface area contributed by atoms with Crippen LogP contribution in [0.15, 0.2) is 35.4 Å². The third-order valence-electron chi connectivity index (χ3n) is 2.46. The first-order chi connectivity index (χ1) is 9.19. The van der Waals surface area contributed by atoms with Crippen molar-refractivity contribution in [3.8, 4) is 0 Å². The molecule has 1 aromatic heterocycles. The largest absolute Gasteiger partial charge is 0.471 e. The Kier molecular flexibility index (Phi) is 4.01. The van der Waals surface area contributed by atoms with E-state index in [1.807, 2.05) is 4.72 Å². The average molecular weight is 320 g/mol. The summed E-state index contributed by atoms with van der Waals surface area (Å²) in [6.45, 7) is 1.19. The maximum Gasteiger partial charge on any atom is 0.471 e. The van der Waals surface area contributed by atoms with Gasteiger partial charge in [-0.3, -0.25) is 4.52 Å². The zero-order valence-electron chi connectivity index (χ0n) is 10.3. The second-order valence-corrected chi connectivity index (χ2v) is 6.93. The predicted molar refractivity (Wildman–Crippen MR) is 71.2 cm³/mol. The van der Waals surface area contributed by atoms with Gasteiger partial charge in [0.05, 0.1) is 5.52 Å². The summed E-state index contributed by atoms with van der Waals surface area (Å²) in [6, 6.07) is 6.40. The van der Waals surface area contributed by atoms with Crippen molar-refractivity contribution in [1.29, 1.82) is 0 Å². The number of nitrogens with one attached hydrogen (secondary N) is 2. The summed E-state index contributed by atoms with van der Waals surface area (Å²) in [5.41, 5.74) is 0.406. The number of sulfonamides is 1. The fourth-order valence-corrected chi connectivity index (χ4v) is 3.64. The van der Waals surface area contributed by atoms with Crippen LogP contribution in [0, 0.1) is 0 Å². The molecular weight excluding hydrogens is 307 g/mol. The number of hydrogen-bond donors (Lipinski definition) is 4. The summed E-state index contributed by atoms with van der Waals surface area (Å²) >= 11 is 0. The van der Waals surface area contributed by atoms with Crippen molar-refractivity contribution >= 4 is 28.7 Å². The molecule has 0 bridgehead atoms. The van der Waals surface area contributed by atoms with Crippen LogP contribution in [-0.2, 0) is 19.1 Å². The minimum atomic E-state index is -4.77. The van der Waals surface area contributed by atoms with E-state index in [1.165, 1.54) is 13.0 Å². The SMILES string of the molecule is CC(NS(=O)(=O)c1cccc2cc[nH]c12)OP(=O)(O)O. The second kappa shape index (κ2) is 5.28. The van der Waals surface area contributed by atoms with Crippen LogP contribution in [0.5, 0.6) is 0 Å². The lowest BCUT2D eigenvalue weighted by molar-refractivity contribution is 0.138. The highest BCUT2D eigenvalue weighted by atomic mass is 32.2. The number of para-hydroxylation sites is 1. The van der Waals surface area contributed by atoms with Crippen LogP contribution in [0.2, 0.25) is 0 Å². The molecule has 0 amide bonds. The number of fused-ring (bicyclic) bond motifs is 1. The Balaban J connectivity index is 2.31. The molecule has 2 aromatic rings. The fourth-order valence-electron chi connectivity index (χ4n) is 1.79. The zero-order chi connectivity index (χ0) is 15.0. The summed E-state index contributed by atoms with van der Waals surface area (Å²) < 4.78 is 41.3. The summed E-state index contributed by atoms with van der Waals surface area (Å²) in [7, 11) is -8.75.